The summed E-state index contributed by atoms with van der Waals surface area (Å²) in [6, 6.07) is 0. The quantitative estimate of drug-likeness (QED) is 0.0983. The molecule has 0 aromatic carbocycles. The Morgan fingerprint density at radius 3 is 0.857 bits per heavy atom. The number of hydrogen-bond acceptors (Lipinski definition) is 3. The molecule has 0 rings (SSSR count). The third-order valence-corrected chi connectivity index (χ3v) is 0. The molecule has 0 aliphatic carbocycles. The van der Waals surface area contributed by atoms with Gasteiger partial charge >= 0.3 is 45.2 Å². The van der Waals surface area contributed by atoms with Crippen molar-refractivity contribution in [3.63, 3.8) is 0 Å². The molecule has 82 valence electrons. The number of aliphatic hydroxyl groups is 1. The molecule has 0 bridgehead atoms. The molecule has 0 aliphatic heterocycles. The van der Waals surface area contributed by atoms with E-state index in [0.717, 1.165) is 0 Å². The zero-order valence-electron chi connectivity index (χ0n) is 7.05. The second-order valence-corrected chi connectivity index (χ2v) is 3.24. The van der Waals surface area contributed by atoms with E-state index >= 15 is 0 Å². The first kappa shape index (κ1) is 24.1. The van der Waals surface area contributed by atoms with Gasteiger partial charge in [0, 0.05) is 0 Å². The molecule has 0 fully saturated rings. The molecular weight excluding hydrogens is 253 g/mol. The second-order valence-electron chi connectivity index (χ2n) is 1.18. The van der Waals surface area contributed by atoms with Crippen molar-refractivity contribution in [3.05, 3.63) is 12.8 Å². The summed E-state index contributed by atoms with van der Waals surface area (Å²) in [5.41, 5.74) is 0. The minimum atomic E-state index is -4.64. The van der Waals surface area contributed by atoms with Crippen molar-refractivity contribution in [2.75, 3.05) is 0 Å². The molecule has 0 aromatic heterocycles. The fourth-order valence-electron chi connectivity index (χ4n) is 0. The Hall–Kier alpha value is 0.760. The summed E-state index contributed by atoms with van der Waals surface area (Å²) in [6.45, 7) is 2.79. The molecule has 12 heteroatoms. The van der Waals surface area contributed by atoms with Gasteiger partial charge in [-0.1, -0.05) is 0 Å². The summed E-state index contributed by atoms with van der Waals surface area (Å²) in [4.78, 5) is 43.1. The Morgan fingerprint density at radius 2 is 0.857 bits per heavy atom. The van der Waals surface area contributed by atoms with Crippen LogP contribution >= 0.6 is 15.6 Å². The van der Waals surface area contributed by atoms with E-state index < -0.39 is 15.6 Å². The van der Waals surface area contributed by atoms with Crippen molar-refractivity contribution in [2.24, 2.45) is 0 Å². The molecule has 0 aliphatic rings. The van der Waals surface area contributed by atoms with Crippen LogP contribution < -0.4 is 29.6 Å². The fraction of sp³-hybridized carbons (Fsp3) is 0. The van der Waals surface area contributed by atoms with Gasteiger partial charge in [-0.05, 0) is 0 Å². The van der Waals surface area contributed by atoms with Gasteiger partial charge in [-0.25, -0.2) is 15.7 Å². The normalized spacial score (nSPS) is 9.29. The predicted molar refractivity (Wildman–Crippen MR) is 40.0 cm³/mol. The van der Waals surface area contributed by atoms with Crippen molar-refractivity contribution in [3.8, 4) is 0 Å². The Morgan fingerprint density at radius 1 is 0.857 bits per heavy atom. The van der Waals surface area contributed by atoms with Gasteiger partial charge < -0.3 is 40.7 Å². The maximum Gasteiger partial charge on any atom is 1.00 e. The summed E-state index contributed by atoms with van der Waals surface area (Å²) in [5, 5.41) is 7.21. The molecule has 0 atom stereocenters. The van der Waals surface area contributed by atoms with Crippen LogP contribution in [-0.2, 0) is 9.13 Å². The standard InChI is InChI=1S/C2H3O.Na.2H3O4P/c1-2-3;;2*1-5(2,3)4/h3H,1H2;;2*(H3,1,2,3,4)/q-1;+1;;. The summed E-state index contributed by atoms with van der Waals surface area (Å²) >= 11 is 0. The van der Waals surface area contributed by atoms with E-state index in [4.69, 9.17) is 43.6 Å². The van der Waals surface area contributed by atoms with Crippen LogP contribution in [-0.4, -0.2) is 34.5 Å². The summed E-state index contributed by atoms with van der Waals surface area (Å²) < 4.78 is 17.8. The van der Waals surface area contributed by atoms with Crippen LogP contribution in [0.15, 0.2) is 6.58 Å². The van der Waals surface area contributed by atoms with Crippen LogP contribution in [0.25, 0.3) is 0 Å². The second kappa shape index (κ2) is 11.8. The zero-order valence-corrected chi connectivity index (χ0v) is 10.8. The first-order chi connectivity index (χ1) is 5.41. The van der Waals surface area contributed by atoms with Gasteiger partial charge in [0.25, 0.3) is 0 Å². The van der Waals surface area contributed by atoms with Crippen LogP contribution in [0.3, 0.4) is 0 Å². The average molecular weight is 262 g/mol. The van der Waals surface area contributed by atoms with E-state index in [1.54, 1.807) is 0 Å². The van der Waals surface area contributed by atoms with Gasteiger partial charge in [-0.2, -0.15) is 0 Å². The molecule has 0 saturated heterocycles. The maximum atomic E-state index is 8.88. The summed E-state index contributed by atoms with van der Waals surface area (Å²) in [7, 11) is -9.28. The minimum absolute atomic E-state index is 0. The van der Waals surface area contributed by atoms with Gasteiger partial charge in [0.2, 0.25) is 0 Å². The average Bonchev–Trinajstić information content (AvgIpc) is 1.52. The summed E-state index contributed by atoms with van der Waals surface area (Å²) in [5.74, 6) is 0. The topological polar surface area (TPSA) is 176 Å². The van der Waals surface area contributed by atoms with E-state index in [2.05, 4.69) is 6.58 Å². The van der Waals surface area contributed by atoms with Crippen LogP contribution in [0, 0.1) is 6.26 Å². The minimum Gasteiger partial charge on any atom is -0.706 e. The van der Waals surface area contributed by atoms with Gasteiger partial charge in [-0.15, -0.1) is 0 Å². The number of hydrogen-bond donors (Lipinski definition) is 7. The van der Waals surface area contributed by atoms with Gasteiger partial charge in [0.05, 0.1) is 0 Å². The molecule has 0 spiro atoms. The third-order valence-electron chi connectivity index (χ3n) is 0. The summed E-state index contributed by atoms with van der Waals surface area (Å²) in [6.07, 6.45) is 1.50. The van der Waals surface area contributed by atoms with E-state index in [0.29, 0.717) is 0 Å². The van der Waals surface area contributed by atoms with Crippen molar-refractivity contribution in [1.29, 1.82) is 0 Å². The van der Waals surface area contributed by atoms with Crippen LogP contribution in [0.5, 0.6) is 0 Å². The molecule has 0 saturated carbocycles. The van der Waals surface area contributed by atoms with Crippen LogP contribution in [0.1, 0.15) is 0 Å². The predicted octanol–water partition coefficient (Wildman–Crippen LogP) is -4.36. The van der Waals surface area contributed by atoms with Crippen LogP contribution in [0.4, 0.5) is 0 Å². The first-order valence-electron chi connectivity index (χ1n) is 2.14. The first-order valence-corrected chi connectivity index (χ1v) is 5.27. The molecule has 0 aromatic rings. The van der Waals surface area contributed by atoms with Gasteiger partial charge in [0.1, 0.15) is 0 Å². The van der Waals surface area contributed by atoms with Crippen molar-refractivity contribution >= 4 is 15.6 Å². The molecule has 0 unspecified atom stereocenters. The van der Waals surface area contributed by atoms with Gasteiger partial charge in [-0.3, -0.25) is 0 Å². The number of aliphatic hydroxyl groups excluding tert-OH is 1. The van der Waals surface area contributed by atoms with Crippen molar-refractivity contribution in [2.45, 2.75) is 0 Å². The SMILES string of the molecule is C=[C-]O.O=P(O)(O)O.O=P(O)(O)O.[Na+]. The molecule has 0 amide bonds. The molecule has 0 heterocycles. The third kappa shape index (κ3) is 3060. The zero-order chi connectivity index (χ0) is 11.7. The Bertz CT molecular complexity index is 166. The van der Waals surface area contributed by atoms with E-state index in [9.17, 15) is 0 Å². The monoisotopic (exact) mass is 262 g/mol. The Balaban J connectivity index is -0.0000000535. The van der Waals surface area contributed by atoms with Crippen LogP contribution in [0.2, 0.25) is 0 Å². The molecule has 7 N–H and O–H groups in total. The largest absolute Gasteiger partial charge is 1.00 e. The molecular formula is C2H9NaO9P2. The van der Waals surface area contributed by atoms with E-state index in [-0.39, 0.29) is 29.6 Å². The Labute approximate surface area is 101 Å². The molecule has 0 radical (unpaired) electrons. The molecule has 9 nitrogen and oxygen atoms in total. The fourth-order valence-corrected chi connectivity index (χ4v) is 0. The smallest absolute Gasteiger partial charge is 0.706 e. The number of rotatable bonds is 0. The van der Waals surface area contributed by atoms with E-state index in [1.807, 2.05) is 0 Å². The Kier molecular flexibility index (Phi) is 20.4. The number of phosphoric acid groups is 2. The van der Waals surface area contributed by atoms with Crippen molar-refractivity contribution in [1.82, 2.24) is 0 Å². The molecule has 14 heavy (non-hydrogen) atoms. The van der Waals surface area contributed by atoms with Gasteiger partial charge in [0.15, 0.2) is 0 Å². The maximum absolute atomic E-state index is 8.88. The van der Waals surface area contributed by atoms with E-state index in [1.165, 1.54) is 6.26 Å². The van der Waals surface area contributed by atoms with Crippen molar-refractivity contribution < 1.29 is 73.2 Å².